The summed E-state index contributed by atoms with van der Waals surface area (Å²) in [6.45, 7) is 10.2. The molecule has 1 aromatic carbocycles. The summed E-state index contributed by atoms with van der Waals surface area (Å²) in [6, 6.07) is 6.40. The van der Waals surface area contributed by atoms with E-state index in [0.29, 0.717) is 6.42 Å². The Bertz CT molecular complexity index is 805. The van der Waals surface area contributed by atoms with E-state index in [2.05, 4.69) is 48.5 Å². The largest absolute Gasteiger partial charge is 0.494 e. The lowest BCUT2D eigenvalue weighted by Crippen LogP contribution is -2.29. The normalized spacial score (nSPS) is 14.1. The van der Waals surface area contributed by atoms with Crippen LogP contribution in [0.3, 0.4) is 0 Å². The highest BCUT2D eigenvalue weighted by Gasteiger charge is 2.21. The number of carbonyl (C=O) groups excluding carboxylic acids is 1. The first-order valence-corrected chi connectivity index (χ1v) is 9.93. The third kappa shape index (κ3) is 4.21. The minimum atomic E-state index is -0.0444. The van der Waals surface area contributed by atoms with E-state index in [0.717, 1.165) is 42.2 Å². The third-order valence-corrected chi connectivity index (χ3v) is 5.66. The maximum absolute atomic E-state index is 12.4. The number of anilines is 2. The molecule has 0 bridgehead atoms. The molecule has 0 unspecified atom stereocenters. The number of hydrogen-bond acceptors (Lipinski definition) is 4. The van der Waals surface area contributed by atoms with Crippen molar-refractivity contribution in [3.8, 4) is 5.75 Å². The average molecular weight is 373 g/mol. The summed E-state index contributed by atoms with van der Waals surface area (Å²) in [5.74, 6) is 0.742. The molecule has 1 N–H and O–H groups in total. The Kier molecular flexibility index (Phi) is 5.28. The molecule has 0 fully saturated rings. The molecule has 0 saturated heterocycles. The summed E-state index contributed by atoms with van der Waals surface area (Å²) in [4.78, 5) is 16.2. The minimum absolute atomic E-state index is 0.0209. The Labute approximate surface area is 160 Å². The molecule has 1 aliphatic rings. The molecule has 5 heteroatoms. The van der Waals surface area contributed by atoms with Crippen LogP contribution >= 0.6 is 11.3 Å². The summed E-state index contributed by atoms with van der Waals surface area (Å²) in [7, 11) is 1.66. The molecule has 140 valence electrons. The number of ether oxygens (including phenoxy) is 1. The first kappa shape index (κ1) is 18.8. The van der Waals surface area contributed by atoms with Gasteiger partial charge in [-0.15, -0.1) is 11.3 Å². The van der Waals surface area contributed by atoms with Gasteiger partial charge < -0.3 is 15.0 Å². The van der Waals surface area contributed by atoms with Gasteiger partial charge in [-0.25, -0.2) is 0 Å². The number of fused-ring (bicyclic) bond motifs is 1. The fourth-order valence-corrected chi connectivity index (χ4v) is 4.26. The molecule has 2 aromatic rings. The summed E-state index contributed by atoms with van der Waals surface area (Å²) in [5.41, 5.74) is 4.32. The molecular formula is C21H28N2O2S. The number of rotatable bonds is 4. The number of amides is 1. The maximum atomic E-state index is 12.4. The molecule has 0 aliphatic carbocycles. The van der Waals surface area contributed by atoms with Crippen molar-refractivity contribution in [1.29, 1.82) is 0 Å². The minimum Gasteiger partial charge on any atom is -0.494 e. The SMILES string of the molecule is COc1cc(N2CCc3sccc3C2)cc(C)c1NC(=O)CC(C)(C)C. The fourth-order valence-electron chi connectivity index (χ4n) is 3.37. The lowest BCUT2D eigenvalue weighted by atomic mass is 9.92. The second-order valence-corrected chi connectivity index (χ2v) is 9.17. The van der Waals surface area contributed by atoms with E-state index in [1.54, 1.807) is 7.11 Å². The lowest BCUT2D eigenvalue weighted by molar-refractivity contribution is -0.117. The van der Waals surface area contributed by atoms with E-state index in [4.69, 9.17) is 4.74 Å². The maximum Gasteiger partial charge on any atom is 0.225 e. The highest BCUT2D eigenvalue weighted by Crippen LogP contribution is 2.36. The van der Waals surface area contributed by atoms with Crippen LogP contribution in [0.25, 0.3) is 0 Å². The standard InChI is InChI=1S/C21H28N2O2S/c1-14-10-16(23-8-6-18-15(13-23)7-9-26-18)11-17(25-5)20(14)22-19(24)12-21(2,3)4/h7,9-11H,6,8,12-13H2,1-5H3,(H,22,24). The summed E-state index contributed by atoms with van der Waals surface area (Å²) in [6.07, 6.45) is 1.56. The molecule has 2 heterocycles. The van der Waals surface area contributed by atoms with Gasteiger partial charge in [0.25, 0.3) is 0 Å². The van der Waals surface area contributed by atoms with Crippen LogP contribution in [-0.4, -0.2) is 19.6 Å². The first-order chi connectivity index (χ1) is 12.3. The molecule has 0 spiro atoms. The van der Waals surface area contributed by atoms with Crippen molar-refractivity contribution in [3.63, 3.8) is 0 Å². The predicted octanol–water partition coefficient (Wildman–Crippen LogP) is 5.00. The van der Waals surface area contributed by atoms with Gasteiger partial charge in [-0.1, -0.05) is 20.8 Å². The Hall–Kier alpha value is -2.01. The van der Waals surface area contributed by atoms with Crippen LogP contribution < -0.4 is 15.0 Å². The number of nitrogens with one attached hydrogen (secondary N) is 1. The van der Waals surface area contributed by atoms with Crippen LogP contribution in [0.5, 0.6) is 5.75 Å². The van der Waals surface area contributed by atoms with E-state index >= 15 is 0 Å². The fraction of sp³-hybridized carbons (Fsp3) is 0.476. The van der Waals surface area contributed by atoms with Gasteiger partial charge in [0.15, 0.2) is 0 Å². The van der Waals surface area contributed by atoms with Gasteiger partial charge in [-0.3, -0.25) is 4.79 Å². The zero-order valence-electron chi connectivity index (χ0n) is 16.3. The van der Waals surface area contributed by atoms with Crippen molar-refractivity contribution in [2.75, 3.05) is 23.9 Å². The zero-order chi connectivity index (χ0) is 18.9. The van der Waals surface area contributed by atoms with Crippen molar-refractivity contribution in [1.82, 2.24) is 0 Å². The van der Waals surface area contributed by atoms with E-state index in [1.807, 2.05) is 24.3 Å². The van der Waals surface area contributed by atoms with Crippen molar-refractivity contribution < 1.29 is 9.53 Å². The highest BCUT2D eigenvalue weighted by molar-refractivity contribution is 7.10. The van der Waals surface area contributed by atoms with Crippen LogP contribution in [0.15, 0.2) is 23.6 Å². The number of carbonyl (C=O) groups is 1. The average Bonchev–Trinajstić information content (AvgIpc) is 3.02. The Morgan fingerprint density at radius 3 is 2.81 bits per heavy atom. The van der Waals surface area contributed by atoms with Crippen molar-refractivity contribution in [3.05, 3.63) is 39.6 Å². The van der Waals surface area contributed by atoms with E-state index in [9.17, 15) is 4.79 Å². The molecular weight excluding hydrogens is 344 g/mol. The second kappa shape index (κ2) is 7.31. The number of thiophene rings is 1. The smallest absolute Gasteiger partial charge is 0.225 e. The molecule has 4 nitrogen and oxygen atoms in total. The molecule has 1 aliphatic heterocycles. The lowest BCUT2D eigenvalue weighted by Gasteiger charge is -2.30. The van der Waals surface area contributed by atoms with Crippen LogP contribution in [0, 0.1) is 12.3 Å². The van der Waals surface area contributed by atoms with Crippen molar-refractivity contribution >= 4 is 28.6 Å². The third-order valence-electron chi connectivity index (χ3n) is 4.63. The second-order valence-electron chi connectivity index (χ2n) is 8.17. The number of nitrogens with zero attached hydrogens (tertiary/aromatic N) is 1. The Balaban J connectivity index is 1.82. The highest BCUT2D eigenvalue weighted by atomic mass is 32.1. The molecule has 3 rings (SSSR count). The number of benzene rings is 1. The van der Waals surface area contributed by atoms with Crippen LogP contribution in [0.1, 0.15) is 43.2 Å². The Morgan fingerprint density at radius 1 is 1.35 bits per heavy atom. The van der Waals surface area contributed by atoms with Gasteiger partial charge in [0.1, 0.15) is 5.75 Å². The monoisotopic (exact) mass is 372 g/mol. The van der Waals surface area contributed by atoms with Crippen molar-refractivity contribution in [2.24, 2.45) is 5.41 Å². The van der Waals surface area contributed by atoms with Gasteiger partial charge in [0.05, 0.1) is 12.8 Å². The summed E-state index contributed by atoms with van der Waals surface area (Å²) >= 11 is 1.85. The molecule has 0 radical (unpaired) electrons. The molecule has 1 amide bonds. The number of methoxy groups -OCH3 is 1. The molecule has 0 saturated carbocycles. The quantitative estimate of drug-likeness (QED) is 0.821. The van der Waals surface area contributed by atoms with E-state index in [-0.39, 0.29) is 11.3 Å². The molecule has 0 atom stereocenters. The van der Waals surface area contributed by atoms with Crippen LogP contribution in [0.2, 0.25) is 0 Å². The van der Waals surface area contributed by atoms with E-state index in [1.165, 1.54) is 10.4 Å². The topological polar surface area (TPSA) is 41.6 Å². The van der Waals surface area contributed by atoms with Crippen molar-refractivity contribution in [2.45, 2.75) is 47.1 Å². The van der Waals surface area contributed by atoms with Gasteiger partial charge in [0, 0.05) is 36.1 Å². The predicted molar refractivity (Wildman–Crippen MR) is 110 cm³/mol. The van der Waals surface area contributed by atoms with Gasteiger partial charge >= 0.3 is 0 Å². The molecule has 1 aromatic heterocycles. The van der Waals surface area contributed by atoms with Crippen LogP contribution in [-0.2, 0) is 17.8 Å². The number of aryl methyl sites for hydroxylation is 1. The van der Waals surface area contributed by atoms with Gasteiger partial charge in [-0.2, -0.15) is 0 Å². The summed E-state index contributed by atoms with van der Waals surface area (Å²) in [5, 5.41) is 5.22. The molecule has 26 heavy (non-hydrogen) atoms. The van der Waals surface area contributed by atoms with E-state index < -0.39 is 0 Å². The first-order valence-electron chi connectivity index (χ1n) is 9.05. The zero-order valence-corrected chi connectivity index (χ0v) is 17.1. The van der Waals surface area contributed by atoms with Crippen LogP contribution in [0.4, 0.5) is 11.4 Å². The Morgan fingerprint density at radius 2 is 2.12 bits per heavy atom. The number of hydrogen-bond donors (Lipinski definition) is 1. The summed E-state index contributed by atoms with van der Waals surface area (Å²) < 4.78 is 5.60. The van der Waals surface area contributed by atoms with Gasteiger partial charge in [0.2, 0.25) is 5.91 Å². The van der Waals surface area contributed by atoms with Gasteiger partial charge in [-0.05, 0) is 47.4 Å².